The van der Waals surface area contributed by atoms with Crippen LogP contribution in [0, 0.1) is 5.92 Å². The number of nitrogens with two attached hydrogens (primary N) is 1. The summed E-state index contributed by atoms with van der Waals surface area (Å²) in [6.45, 7) is 2.27. The van der Waals surface area contributed by atoms with Crippen molar-refractivity contribution in [3.63, 3.8) is 0 Å². The molecular formula is C16H25N. The highest BCUT2D eigenvalue weighted by Crippen LogP contribution is 2.34. The molecule has 17 heavy (non-hydrogen) atoms. The van der Waals surface area contributed by atoms with Crippen LogP contribution in [0.25, 0.3) is 0 Å². The van der Waals surface area contributed by atoms with E-state index in [1.807, 2.05) is 0 Å². The summed E-state index contributed by atoms with van der Waals surface area (Å²) < 4.78 is 0. The summed E-state index contributed by atoms with van der Waals surface area (Å²) in [6, 6.07) is 9.03. The van der Waals surface area contributed by atoms with Gasteiger partial charge in [-0.15, -0.1) is 0 Å². The van der Waals surface area contributed by atoms with Crippen LogP contribution in [0.2, 0.25) is 0 Å². The molecule has 0 aromatic heterocycles. The molecule has 0 spiro atoms. The fraction of sp³-hybridized carbons (Fsp3) is 0.625. The summed E-state index contributed by atoms with van der Waals surface area (Å²) in [5.74, 6) is 0.699. The van der Waals surface area contributed by atoms with Crippen LogP contribution in [0.3, 0.4) is 0 Å². The van der Waals surface area contributed by atoms with E-state index in [0.717, 1.165) is 0 Å². The van der Waals surface area contributed by atoms with Gasteiger partial charge in [0.15, 0.2) is 0 Å². The van der Waals surface area contributed by atoms with Gasteiger partial charge in [0, 0.05) is 6.04 Å². The molecule has 2 N–H and O–H groups in total. The van der Waals surface area contributed by atoms with Gasteiger partial charge in [0.2, 0.25) is 0 Å². The molecule has 1 aromatic rings. The Bertz CT molecular complexity index is 345. The van der Waals surface area contributed by atoms with Crippen LogP contribution in [0.4, 0.5) is 0 Å². The van der Waals surface area contributed by atoms with Crippen molar-refractivity contribution in [3.05, 3.63) is 35.4 Å². The van der Waals surface area contributed by atoms with Gasteiger partial charge in [-0.2, -0.15) is 0 Å². The van der Waals surface area contributed by atoms with Crippen molar-refractivity contribution in [1.29, 1.82) is 0 Å². The molecule has 1 aliphatic carbocycles. The quantitative estimate of drug-likeness (QED) is 0.609. The van der Waals surface area contributed by atoms with E-state index in [9.17, 15) is 0 Å². The summed E-state index contributed by atoms with van der Waals surface area (Å²) >= 11 is 0. The zero-order valence-corrected chi connectivity index (χ0v) is 11.0. The predicted molar refractivity (Wildman–Crippen MR) is 73.9 cm³/mol. The van der Waals surface area contributed by atoms with Gasteiger partial charge in [0.05, 0.1) is 0 Å². The third-order valence-corrected chi connectivity index (χ3v) is 4.12. The highest BCUT2D eigenvalue weighted by atomic mass is 14.7. The van der Waals surface area contributed by atoms with E-state index in [1.54, 1.807) is 0 Å². The summed E-state index contributed by atoms with van der Waals surface area (Å²) in [7, 11) is 0. The van der Waals surface area contributed by atoms with Crippen molar-refractivity contribution >= 4 is 0 Å². The lowest BCUT2D eigenvalue weighted by Crippen LogP contribution is -2.21. The number of aryl methyl sites for hydroxylation is 1. The lowest BCUT2D eigenvalue weighted by Gasteiger charge is -2.22. The zero-order valence-electron chi connectivity index (χ0n) is 11.0. The molecule has 0 heterocycles. The fourth-order valence-corrected chi connectivity index (χ4v) is 3.06. The Morgan fingerprint density at radius 3 is 2.88 bits per heavy atom. The molecule has 0 saturated carbocycles. The monoisotopic (exact) mass is 231 g/mol. The van der Waals surface area contributed by atoms with Crippen LogP contribution in [-0.2, 0) is 6.42 Å². The molecule has 2 atom stereocenters. The Morgan fingerprint density at radius 2 is 2.06 bits per heavy atom. The van der Waals surface area contributed by atoms with Crippen molar-refractivity contribution in [2.45, 2.75) is 57.9 Å². The normalized spacial score (nSPS) is 24.1. The summed E-state index contributed by atoms with van der Waals surface area (Å²) in [6.07, 6.45) is 9.14. The second-order valence-corrected chi connectivity index (χ2v) is 5.37. The SMILES string of the molecule is CCCCCC1CCCc2ccccc2C1N. The minimum absolute atomic E-state index is 0.269. The lowest BCUT2D eigenvalue weighted by molar-refractivity contribution is 0.364. The maximum absolute atomic E-state index is 6.47. The van der Waals surface area contributed by atoms with E-state index >= 15 is 0 Å². The van der Waals surface area contributed by atoms with Crippen LogP contribution in [-0.4, -0.2) is 0 Å². The molecule has 0 radical (unpaired) electrons. The van der Waals surface area contributed by atoms with E-state index < -0.39 is 0 Å². The number of fused-ring (bicyclic) bond motifs is 1. The first-order valence-electron chi connectivity index (χ1n) is 7.16. The average molecular weight is 231 g/mol. The second-order valence-electron chi connectivity index (χ2n) is 5.37. The van der Waals surface area contributed by atoms with Crippen LogP contribution < -0.4 is 5.73 Å². The first kappa shape index (κ1) is 12.6. The maximum atomic E-state index is 6.47. The molecule has 0 amide bonds. The molecule has 2 rings (SSSR count). The van der Waals surface area contributed by atoms with Gasteiger partial charge >= 0.3 is 0 Å². The van der Waals surface area contributed by atoms with E-state index in [1.165, 1.54) is 56.1 Å². The van der Waals surface area contributed by atoms with Crippen LogP contribution in [0.15, 0.2) is 24.3 Å². The molecule has 0 fully saturated rings. The van der Waals surface area contributed by atoms with Gasteiger partial charge in [0.1, 0.15) is 0 Å². The third-order valence-electron chi connectivity index (χ3n) is 4.12. The van der Waals surface area contributed by atoms with Gasteiger partial charge in [-0.3, -0.25) is 0 Å². The van der Waals surface area contributed by atoms with E-state index in [4.69, 9.17) is 5.73 Å². The van der Waals surface area contributed by atoms with Crippen molar-refractivity contribution in [1.82, 2.24) is 0 Å². The number of unbranched alkanes of at least 4 members (excludes halogenated alkanes) is 2. The largest absolute Gasteiger partial charge is 0.324 e. The molecule has 2 unspecified atom stereocenters. The number of rotatable bonds is 4. The lowest BCUT2D eigenvalue weighted by atomic mass is 9.87. The van der Waals surface area contributed by atoms with Gasteiger partial charge in [-0.25, -0.2) is 0 Å². The minimum Gasteiger partial charge on any atom is -0.324 e. The molecule has 0 aliphatic heterocycles. The Hall–Kier alpha value is -0.820. The Morgan fingerprint density at radius 1 is 1.24 bits per heavy atom. The summed E-state index contributed by atoms with van der Waals surface area (Å²) in [5, 5.41) is 0. The molecule has 0 saturated heterocycles. The summed E-state index contributed by atoms with van der Waals surface area (Å²) in [4.78, 5) is 0. The van der Waals surface area contributed by atoms with Gasteiger partial charge in [0.25, 0.3) is 0 Å². The molecule has 94 valence electrons. The Kier molecular flexibility index (Phi) is 4.61. The Labute approximate surface area is 105 Å². The third kappa shape index (κ3) is 3.10. The van der Waals surface area contributed by atoms with Crippen LogP contribution in [0.1, 0.15) is 62.6 Å². The highest BCUT2D eigenvalue weighted by molar-refractivity contribution is 5.31. The van der Waals surface area contributed by atoms with Gasteiger partial charge < -0.3 is 5.73 Å². The average Bonchev–Trinajstić information content (AvgIpc) is 2.51. The topological polar surface area (TPSA) is 26.0 Å². The van der Waals surface area contributed by atoms with Crippen molar-refractivity contribution in [2.24, 2.45) is 11.7 Å². The summed E-state index contributed by atoms with van der Waals surface area (Å²) in [5.41, 5.74) is 9.37. The zero-order chi connectivity index (χ0) is 12.1. The standard InChI is InChI=1S/C16H25N/c1-2-3-4-9-14-11-7-10-13-8-5-6-12-15(13)16(14)17/h5-6,8,12,14,16H,2-4,7,9-11,17H2,1H3. The molecule has 0 bridgehead atoms. The predicted octanol–water partition coefficient (Wildman–Crippen LogP) is 4.22. The molecule has 1 heteroatoms. The van der Waals surface area contributed by atoms with E-state index in [0.29, 0.717) is 5.92 Å². The van der Waals surface area contributed by atoms with E-state index in [2.05, 4.69) is 31.2 Å². The number of benzene rings is 1. The van der Waals surface area contributed by atoms with Crippen LogP contribution >= 0.6 is 0 Å². The molecular weight excluding hydrogens is 206 g/mol. The molecule has 1 nitrogen and oxygen atoms in total. The van der Waals surface area contributed by atoms with Gasteiger partial charge in [-0.05, 0) is 42.7 Å². The van der Waals surface area contributed by atoms with Crippen LogP contribution in [0.5, 0.6) is 0 Å². The molecule has 1 aliphatic rings. The molecule has 1 aromatic carbocycles. The maximum Gasteiger partial charge on any atom is 0.0326 e. The highest BCUT2D eigenvalue weighted by Gasteiger charge is 2.23. The smallest absolute Gasteiger partial charge is 0.0326 e. The minimum atomic E-state index is 0.269. The number of hydrogen-bond donors (Lipinski definition) is 1. The first-order valence-corrected chi connectivity index (χ1v) is 7.16. The fourth-order valence-electron chi connectivity index (χ4n) is 3.06. The van der Waals surface area contributed by atoms with Crippen molar-refractivity contribution in [3.8, 4) is 0 Å². The van der Waals surface area contributed by atoms with Crippen molar-refractivity contribution < 1.29 is 0 Å². The van der Waals surface area contributed by atoms with Gasteiger partial charge in [-0.1, -0.05) is 50.5 Å². The van der Waals surface area contributed by atoms with Crippen molar-refractivity contribution in [2.75, 3.05) is 0 Å². The second kappa shape index (κ2) is 6.20. The number of hydrogen-bond acceptors (Lipinski definition) is 1. The Balaban J connectivity index is 2.06. The first-order chi connectivity index (χ1) is 8.33. The van der Waals surface area contributed by atoms with E-state index in [-0.39, 0.29) is 6.04 Å².